The van der Waals surface area contributed by atoms with Crippen LogP contribution in [0.3, 0.4) is 0 Å². The first-order valence-corrected chi connectivity index (χ1v) is 7.84. The number of aryl methyl sites for hydroxylation is 1. The van der Waals surface area contributed by atoms with Crippen LogP contribution in [0.2, 0.25) is 0 Å². The van der Waals surface area contributed by atoms with Gasteiger partial charge in [0.05, 0.1) is 6.61 Å². The Balaban J connectivity index is 1.62. The van der Waals surface area contributed by atoms with Crippen molar-refractivity contribution in [1.82, 2.24) is 4.90 Å². The predicted molar refractivity (Wildman–Crippen MR) is 80.2 cm³/mol. The van der Waals surface area contributed by atoms with Crippen molar-refractivity contribution in [2.75, 3.05) is 19.8 Å². The van der Waals surface area contributed by atoms with Crippen LogP contribution in [0.1, 0.15) is 37.7 Å². The summed E-state index contributed by atoms with van der Waals surface area (Å²) in [6, 6.07) is 7.79. The topological polar surface area (TPSA) is 38.8 Å². The van der Waals surface area contributed by atoms with Crippen LogP contribution in [-0.4, -0.2) is 36.3 Å². The van der Waals surface area contributed by atoms with E-state index in [1.54, 1.807) is 0 Å². The van der Waals surface area contributed by atoms with Crippen LogP contribution in [0.5, 0.6) is 5.75 Å². The van der Waals surface area contributed by atoms with E-state index in [0.29, 0.717) is 13.2 Å². The molecule has 1 saturated carbocycles. The molecule has 1 aromatic carbocycles. The second kappa shape index (κ2) is 6.06. The van der Waals surface area contributed by atoms with Crippen molar-refractivity contribution < 1.29 is 14.3 Å². The third-order valence-electron chi connectivity index (χ3n) is 4.47. The maximum Gasteiger partial charge on any atom is 0.262 e. The van der Waals surface area contributed by atoms with Gasteiger partial charge in [0, 0.05) is 6.54 Å². The molecule has 2 aliphatic rings. The minimum Gasteiger partial charge on any atom is -0.484 e. The number of ether oxygens (including phenoxy) is 2. The number of carbonyl (C=O) groups is 1. The van der Waals surface area contributed by atoms with Crippen LogP contribution in [0.4, 0.5) is 0 Å². The number of benzene rings is 1. The van der Waals surface area contributed by atoms with Gasteiger partial charge in [0.1, 0.15) is 11.5 Å². The van der Waals surface area contributed by atoms with Gasteiger partial charge in [-0.15, -0.1) is 0 Å². The molecule has 1 aliphatic carbocycles. The molecule has 0 radical (unpaired) electrons. The predicted octanol–water partition coefficient (Wildman–Crippen LogP) is 2.89. The SMILES string of the molecule is Cc1cccc(OCC(=O)N2CCOC23CCCCC3)c1. The summed E-state index contributed by atoms with van der Waals surface area (Å²) in [7, 11) is 0. The first kappa shape index (κ1) is 14.4. The average Bonchev–Trinajstić information content (AvgIpc) is 2.89. The smallest absolute Gasteiger partial charge is 0.262 e. The third-order valence-corrected chi connectivity index (χ3v) is 4.47. The molecule has 1 spiro atoms. The van der Waals surface area contributed by atoms with Crippen LogP contribution in [0.25, 0.3) is 0 Å². The molecule has 1 saturated heterocycles. The molecular weight excluding hydrogens is 266 g/mol. The maximum atomic E-state index is 12.5. The highest BCUT2D eigenvalue weighted by molar-refractivity contribution is 5.78. The molecule has 2 fully saturated rings. The van der Waals surface area contributed by atoms with Crippen LogP contribution in [-0.2, 0) is 9.53 Å². The molecule has 1 heterocycles. The zero-order valence-electron chi connectivity index (χ0n) is 12.6. The van der Waals surface area contributed by atoms with Gasteiger partial charge in [-0.3, -0.25) is 4.79 Å². The highest BCUT2D eigenvalue weighted by Gasteiger charge is 2.45. The summed E-state index contributed by atoms with van der Waals surface area (Å²) < 4.78 is 11.6. The van der Waals surface area contributed by atoms with E-state index < -0.39 is 0 Å². The largest absolute Gasteiger partial charge is 0.484 e. The van der Waals surface area contributed by atoms with Gasteiger partial charge < -0.3 is 14.4 Å². The lowest BCUT2D eigenvalue weighted by molar-refractivity contribution is -0.157. The Hall–Kier alpha value is -1.55. The molecule has 4 nitrogen and oxygen atoms in total. The van der Waals surface area contributed by atoms with E-state index in [1.807, 2.05) is 36.1 Å². The van der Waals surface area contributed by atoms with E-state index in [2.05, 4.69) is 0 Å². The molecule has 1 aliphatic heterocycles. The van der Waals surface area contributed by atoms with Crippen LogP contribution in [0.15, 0.2) is 24.3 Å². The molecule has 0 atom stereocenters. The van der Waals surface area contributed by atoms with Crippen LogP contribution in [0, 0.1) is 6.92 Å². The van der Waals surface area contributed by atoms with E-state index in [1.165, 1.54) is 6.42 Å². The second-order valence-electron chi connectivity index (χ2n) is 6.01. The number of hydrogen-bond acceptors (Lipinski definition) is 3. The Morgan fingerprint density at radius 3 is 2.90 bits per heavy atom. The molecule has 1 aromatic rings. The highest BCUT2D eigenvalue weighted by atomic mass is 16.5. The van der Waals surface area contributed by atoms with Gasteiger partial charge in [-0.05, 0) is 50.3 Å². The average molecular weight is 289 g/mol. The highest BCUT2D eigenvalue weighted by Crippen LogP contribution is 2.37. The van der Waals surface area contributed by atoms with Gasteiger partial charge in [0.2, 0.25) is 0 Å². The monoisotopic (exact) mass is 289 g/mol. The fraction of sp³-hybridized carbons (Fsp3) is 0.588. The lowest BCUT2D eigenvalue weighted by atomic mass is 9.90. The lowest BCUT2D eigenvalue weighted by Crippen LogP contribution is -2.50. The number of rotatable bonds is 3. The normalized spacial score (nSPS) is 20.7. The van der Waals surface area contributed by atoms with Crippen molar-refractivity contribution in [2.45, 2.75) is 44.8 Å². The molecular formula is C17H23NO3. The summed E-state index contributed by atoms with van der Waals surface area (Å²) >= 11 is 0. The van der Waals surface area contributed by atoms with Crippen LogP contribution >= 0.6 is 0 Å². The first-order chi connectivity index (χ1) is 10.2. The minimum atomic E-state index is -0.342. The zero-order valence-corrected chi connectivity index (χ0v) is 12.6. The van der Waals surface area contributed by atoms with Gasteiger partial charge in [0.25, 0.3) is 5.91 Å². The van der Waals surface area contributed by atoms with E-state index in [-0.39, 0.29) is 18.2 Å². The van der Waals surface area contributed by atoms with Gasteiger partial charge in [-0.25, -0.2) is 0 Å². The molecule has 4 heteroatoms. The standard InChI is InChI=1S/C17H23NO3/c1-14-6-5-7-15(12-14)20-13-16(19)18-10-11-21-17(18)8-3-2-4-9-17/h5-7,12H,2-4,8-11,13H2,1H3. The van der Waals surface area contributed by atoms with Crippen molar-refractivity contribution >= 4 is 5.91 Å². The van der Waals surface area contributed by atoms with E-state index in [0.717, 1.165) is 37.0 Å². The van der Waals surface area contributed by atoms with E-state index in [4.69, 9.17) is 9.47 Å². The number of amides is 1. The minimum absolute atomic E-state index is 0.0379. The van der Waals surface area contributed by atoms with Gasteiger partial charge >= 0.3 is 0 Å². The Labute approximate surface area is 126 Å². The molecule has 0 bridgehead atoms. The fourth-order valence-corrected chi connectivity index (χ4v) is 3.41. The number of hydrogen-bond donors (Lipinski definition) is 0. The van der Waals surface area contributed by atoms with Crippen molar-refractivity contribution in [3.63, 3.8) is 0 Å². The van der Waals surface area contributed by atoms with Crippen molar-refractivity contribution in [3.05, 3.63) is 29.8 Å². The van der Waals surface area contributed by atoms with E-state index >= 15 is 0 Å². The van der Waals surface area contributed by atoms with Gasteiger partial charge in [-0.2, -0.15) is 0 Å². The van der Waals surface area contributed by atoms with Crippen molar-refractivity contribution in [2.24, 2.45) is 0 Å². The fourth-order valence-electron chi connectivity index (χ4n) is 3.41. The van der Waals surface area contributed by atoms with E-state index in [9.17, 15) is 4.79 Å². The maximum absolute atomic E-state index is 12.5. The summed E-state index contributed by atoms with van der Waals surface area (Å²) in [5, 5.41) is 0. The molecule has 1 amide bonds. The Bertz CT molecular complexity index is 509. The number of nitrogens with zero attached hydrogens (tertiary/aromatic N) is 1. The molecule has 114 valence electrons. The molecule has 0 N–H and O–H groups in total. The lowest BCUT2D eigenvalue weighted by Gasteiger charge is -2.39. The van der Waals surface area contributed by atoms with Crippen molar-refractivity contribution in [3.8, 4) is 5.75 Å². The Morgan fingerprint density at radius 1 is 1.33 bits per heavy atom. The van der Waals surface area contributed by atoms with Gasteiger partial charge in [0.15, 0.2) is 6.61 Å². The first-order valence-electron chi connectivity index (χ1n) is 7.84. The summed E-state index contributed by atoms with van der Waals surface area (Å²) in [5.74, 6) is 0.789. The van der Waals surface area contributed by atoms with Crippen molar-refractivity contribution in [1.29, 1.82) is 0 Å². The number of carbonyl (C=O) groups excluding carboxylic acids is 1. The summed E-state index contributed by atoms with van der Waals surface area (Å²) in [4.78, 5) is 14.4. The molecule has 21 heavy (non-hydrogen) atoms. The molecule has 3 rings (SSSR count). The zero-order chi connectivity index (χ0) is 14.7. The van der Waals surface area contributed by atoms with Crippen LogP contribution < -0.4 is 4.74 Å². The summed E-state index contributed by atoms with van der Waals surface area (Å²) in [6.45, 7) is 3.45. The quantitative estimate of drug-likeness (QED) is 0.859. The Morgan fingerprint density at radius 2 is 2.14 bits per heavy atom. The third kappa shape index (κ3) is 3.05. The van der Waals surface area contributed by atoms with Gasteiger partial charge in [-0.1, -0.05) is 18.6 Å². The molecule has 0 unspecified atom stereocenters. The molecule has 0 aromatic heterocycles. The Kier molecular flexibility index (Phi) is 4.15. The summed E-state index contributed by atoms with van der Waals surface area (Å²) in [6.07, 6.45) is 5.45. The second-order valence-corrected chi connectivity index (χ2v) is 6.01. The summed E-state index contributed by atoms with van der Waals surface area (Å²) in [5.41, 5.74) is 0.791.